The first-order valence-corrected chi connectivity index (χ1v) is 6.09. The molecule has 0 aliphatic carbocycles. The van der Waals surface area contributed by atoms with Crippen LogP contribution in [0.25, 0.3) is 11.1 Å². The smallest absolute Gasteiger partial charge is 0.336 e. The Balaban J connectivity index is 2.84. The Morgan fingerprint density at radius 2 is 1.83 bits per heavy atom. The van der Waals surface area contributed by atoms with Crippen molar-refractivity contribution in [1.29, 1.82) is 0 Å². The van der Waals surface area contributed by atoms with Crippen molar-refractivity contribution in [1.82, 2.24) is 0 Å². The highest BCUT2D eigenvalue weighted by Gasteiger charge is 2.21. The minimum atomic E-state index is -1.13. The van der Waals surface area contributed by atoms with Gasteiger partial charge in [-0.2, -0.15) is 11.3 Å². The Hall–Kier alpha value is -2.14. The molecule has 1 heterocycles. The Labute approximate surface area is 107 Å². The van der Waals surface area contributed by atoms with Crippen molar-refractivity contribution in [3.8, 4) is 11.1 Å². The van der Waals surface area contributed by atoms with E-state index in [0.717, 1.165) is 0 Å². The lowest BCUT2D eigenvalue weighted by atomic mass is 9.92. The van der Waals surface area contributed by atoms with Crippen LogP contribution >= 0.6 is 11.3 Å². The number of hydrogen-bond acceptors (Lipinski definition) is 3. The quantitative estimate of drug-likeness (QED) is 0.891. The maximum atomic E-state index is 11.3. The van der Waals surface area contributed by atoms with Crippen LogP contribution < -0.4 is 0 Å². The van der Waals surface area contributed by atoms with E-state index in [4.69, 9.17) is 0 Å². The van der Waals surface area contributed by atoms with E-state index in [2.05, 4.69) is 0 Å². The lowest BCUT2D eigenvalue weighted by Gasteiger charge is -2.11. The fourth-order valence-electron chi connectivity index (χ4n) is 1.87. The van der Waals surface area contributed by atoms with Crippen LogP contribution in [0.5, 0.6) is 0 Å². The fourth-order valence-corrected chi connectivity index (χ4v) is 2.51. The number of aromatic carboxylic acids is 2. The highest BCUT2D eigenvalue weighted by molar-refractivity contribution is 7.08. The Bertz CT molecular complexity index is 614. The highest BCUT2D eigenvalue weighted by atomic mass is 32.1. The first-order chi connectivity index (χ1) is 8.52. The van der Waals surface area contributed by atoms with E-state index in [1.54, 1.807) is 23.8 Å². The van der Waals surface area contributed by atoms with Crippen LogP contribution in [0.3, 0.4) is 0 Å². The average molecular weight is 262 g/mol. The second-order valence-electron chi connectivity index (χ2n) is 3.80. The normalized spacial score (nSPS) is 10.3. The van der Waals surface area contributed by atoms with Crippen LogP contribution in [0, 0.1) is 6.92 Å². The van der Waals surface area contributed by atoms with Gasteiger partial charge in [-0.3, -0.25) is 0 Å². The summed E-state index contributed by atoms with van der Waals surface area (Å²) in [6.07, 6.45) is 0. The van der Waals surface area contributed by atoms with Crippen molar-refractivity contribution < 1.29 is 19.8 Å². The lowest BCUT2D eigenvalue weighted by Crippen LogP contribution is -2.08. The molecular weight excluding hydrogens is 252 g/mol. The molecule has 1 aromatic heterocycles. The summed E-state index contributed by atoms with van der Waals surface area (Å²) in [7, 11) is 0. The van der Waals surface area contributed by atoms with Gasteiger partial charge < -0.3 is 10.2 Å². The van der Waals surface area contributed by atoms with E-state index in [1.165, 1.54) is 23.5 Å². The number of carbonyl (C=O) groups is 2. The second-order valence-corrected chi connectivity index (χ2v) is 4.58. The standard InChI is InChI=1S/C13H10O4S/c1-7-2-3-9(12(14)15)11(10(7)13(16)17)8-4-5-18-6-8/h2-6H,1H3,(H,14,15)(H,16,17). The summed E-state index contributed by atoms with van der Waals surface area (Å²) in [5.74, 6) is -2.24. The van der Waals surface area contributed by atoms with E-state index < -0.39 is 11.9 Å². The van der Waals surface area contributed by atoms with E-state index in [9.17, 15) is 19.8 Å². The van der Waals surface area contributed by atoms with Crippen LogP contribution in [0.4, 0.5) is 0 Å². The van der Waals surface area contributed by atoms with Crippen molar-refractivity contribution in [2.45, 2.75) is 6.92 Å². The maximum Gasteiger partial charge on any atom is 0.336 e. The van der Waals surface area contributed by atoms with Gasteiger partial charge in [-0.25, -0.2) is 9.59 Å². The van der Waals surface area contributed by atoms with Crippen LogP contribution in [-0.2, 0) is 0 Å². The predicted octanol–water partition coefficient (Wildman–Crippen LogP) is 3.12. The van der Waals surface area contributed by atoms with Gasteiger partial charge in [0, 0.05) is 5.56 Å². The lowest BCUT2D eigenvalue weighted by molar-refractivity contribution is 0.0695. The van der Waals surface area contributed by atoms with Crippen molar-refractivity contribution in [2.24, 2.45) is 0 Å². The molecule has 0 fully saturated rings. The molecule has 0 amide bonds. The number of thiophene rings is 1. The minimum absolute atomic E-state index is 0.0106. The third-order valence-corrected chi connectivity index (χ3v) is 3.35. The molecule has 0 spiro atoms. The number of rotatable bonds is 3. The molecule has 1 aromatic carbocycles. The van der Waals surface area contributed by atoms with E-state index in [-0.39, 0.29) is 16.7 Å². The van der Waals surface area contributed by atoms with E-state index in [1.807, 2.05) is 0 Å². The molecule has 0 bridgehead atoms. The van der Waals surface area contributed by atoms with Crippen LogP contribution in [0.15, 0.2) is 29.0 Å². The third-order valence-electron chi connectivity index (χ3n) is 2.67. The van der Waals surface area contributed by atoms with Crippen LogP contribution in [0.2, 0.25) is 0 Å². The molecule has 5 heteroatoms. The number of carboxylic acid groups (broad SMARTS) is 2. The zero-order valence-electron chi connectivity index (χ0n) is 9.51. The molecule has 92 valence electrons. The van der Waals surface area contributed by atoms with Crippen LogP contribution in [0.1, 0.15) is 26.3 Å². The highest BCUT2D eigenvalue weighted by Crippen LogP contribution is 2.31. The van der Waals surface area contributed by atoms with Crippen molar-refractivity contribution in [3.63, 3.8) is 0 Å². The molecule has 0 saturated carbocycles. The second kappa shape index (κ2) is 4.62. The summed E-state index contributed by atoms with van der Waals surface area (Å²) in [5.41, 5.74) is 1.51. The minimum Gasteiger partial charge on any atom is -0.478 e. The molecule has 2 aromatic rings. The monoisotopic (exact) mass is 262 g/mol. The summed E-state index contributed by atoms with van der Waals surface area (Å²) < 4.78 is 0. The summed E-state index contributed by atoms with van der Waals surface area (Å²) >= 11 is 1.40. The molecule has 4 nitrogen and oxygen atoms in total. The third kappa shape index (κ3) is 2.00. The van der Waals surface area contributed by atoms with Crippen molar-refractivity contribution in [3.05, 3.63) is 45.6 Å². The first kappa shape index (κ1) is 12.3. The van der Waals surface area contributed by atoms with Gasteiger partial charge in [-0.1, -0.05) is 6.07 Å². The van der Waals surface area contributed by atoms with Gasteiger partial charge in [0.05, 0.1) is 11.1 Å². The van der Waals surface area contributed by atoms with Gasteiger partial charge in [-0.15, -0.1) is 0 Å². The van der Waals surface area contributed by atoms with Gasteiger partial charge in [-0.05, 0) is 40.9 Å². The molecule has 0 radical (unpaired) electrons. The zero-order chi connectivity index (χ0) is 13.3. The number of hydrogen-bond donors (Lipinski definition) is 2. The van der Waals surface area contributed by atoms with Gasteiger partial charge in [0.15, 0.2) is 0 Å². The average Bonchev–Trinajstić information content (AvgIpc) is 2.80. The molecule has 0 atom stereocenters. The Morgan fingerprint density at radius 3 is 2.33 bits per heavy atom. The number of carboxylic acids is 2. The van der Waals surface area contributed by atoms with E-state index >= 15 is 0 Å². The molecule has 0 aliphatic rings. The zero-order valence-corrected chi connectivity index (χ0v) is 10.3. The summed E-state index contributed by atoms with van der Waals surface area (Å²) in [5, 5.41) is 22.0. The maximum absolute atomic E-state index is 11.3. The molecule has 0 unspecified atom stereocenters. The van der Waals surface area contributed by atoms with Crippen molar-refractivity contribution >= 4 is 23.3 Å². The molecule has 0 aliphatic heterocycles. The Kier molecular flexibility index (Phi) is 3.16. The molecule has 0 saturated heterocycles. The SMILES string of the molecule is Cc1ccc(C(=O)O)c(-c2ccsc2)c1C(=O)O. The molecular formula is C13H10O4S. The van der Waals surface area contributed by atoms with Crippen LogP contribution in [-0.4, -0.2) is 22.2 Å². The largest absolute Gasteiger partial charge is 0.478 e. The van der Waals surface area contributed by atoms with Gasteiger partial charge in [0.2, 0.25) is 0 Å². The van der Waals surface area contributed by atoms with E-state index in [0.29, 0.717) is 11.1 Å². The van der Waals surface area contributed by atoms with Gasteiger partial charge >= 0.3 is 11.9 Å². The first-order valence-electron chi connectivity index (χ1n) is 5.15. The molecule has 2 N–H and O–H groups in total. The summed E-state index contributed by atoms with van der Waals surface area (Å²) in [4.78, 5) is 22.5. The van der Waals surface area contributed by atoms with Crippen molar-refractivity contribution in [2.75, 3.05) is 0 Å². The fraction of sp³-hybridized carbons (Fsp3) is 0.0769. The summed E-state index contributed by atoms with van der Waals surface area (Å²) in [6, 6.07) is 4.68. The van der Waals surface area contributed by atoms with Gasteiger partial charge in [0.1, 0.15) is 0 Å². The molecule has 2 rings (SSSR count). The predicted molar refractivity (Wildman–Crippen MR) is 68.4 cm³/mol. The summed E-state index contributed by atoms with van der Waals surface area (Å²) in [6.45, 7) is 1.66. The topological polar surface area (TPSA) is 74.6 Å². The van der Waals surface area contributed by atoms with Gasteiger partial charge in [0.25, 0.3) is 0 Å². The Morgan fingerprint density at radius 1 is 1.11 bits per heavy atom. The molecule has 18 heavy (non-hydrogen) atoms. The number of aryl methyl sites for hydroxylation is 1. The number of benzene rings is 1.